The Hall–Kier alpha value is -3.43. The summed E-state index contributed by atoms with van der Waals surface area (Å²) in [5.74, 6) is -0.758. The van der Waals surface area contributed by atoms with Crippen LogP contribution >= 0.6 is 15.9 Å². The minimum atomic E-state index is -0.702. The van der Waals surface area contributed by atoms with Gasteiger partial charge in [0.15, 0.2) is 0 Å². The van der Waals surface area contributed by atoms with Gasteiger partial charge in [0, 0.05) is 10.0 Å². The summed E-state index contributed by atoms with van der Waals surface area (Å²) in [7, 11) is 0. The zero-order valence-electron chi connectivity index (χ0n) is 16.2. The highest BCUT2D eigenvalue weighted by Crippen LogP contribution is 2.27. The number of para-hydroxylation sites is 1. The molecular formula is C24H18BrFN2O2. The first-order valence-corrected chi connectivity index (χ1v) is 9.91. The lowest BCUT2D eigenvalue weighted by molar-refractivity contribution is -0.112. The Morgan fingerprint density at radius 1 is 1.17 bits per heavy atom. The predicted octanol–water partition coefficient (Wildman–Crippen LogP) is 6.02. The average molecular weight is 465 g/mol. The predicted molar refractivity (Wildman–Crippen MR) is 118 cm³/mol. The van der Waals surface area contributed by atoms with Crippen LogP contribution in [0.25, 0.3) is 6.08 Å². The van der Waals surface area contributed by atoms with Crippen LogP contribution in [-0.4, -0.2) is 5.91 Å². The number of nitrogens with zero attached hydrogens (tertiary/aromatic N) is 1. The number of hydrogen-bond donors (Lipinski definition) is 1. The molecule has 0 aromatic heterocycles. The molecule has 150 valence electrons. The van der Waals surface area contributed by atoms with Crippen molar-refractivity contribution in [1.82, 2.24) is 0 Å². The third kappa shape index (κ3) is 5.56. The van der Waals surface area contributed by atoms with E-state index in [4.69, 9.17) is 4.74 Å². The van der Waals surface area contributed by atoms with E-state index in [1.807, 2.05) is 43.3 Å². The quantitative estimate of drug-likeness (QED) is 0.358. The van der Waals surface area contributed by atoms with E-state index in [9.17, 15) is 14.4 Å². The van der Waals surface area contributed by atoms with Crippen molar-refractivity contribution in [1.29, 1.82) is 5.26 Å². The molecule has 0 fully saturated rings. The summed E-state index contributed by atoms with van der Waals surface area (Å²) in [5.41, 5.74) is 2.53. The monoisotopic (exact) mass is 464 g/mol. The molecule has 3 rings (SSSR count). The standard InChI is InChI=1S/C24H18BrFN2O2/c1-16-5-4-6-17(11-16)15-30-23-10-9-20(25)13-18(23)12-19(14-27)24(29)28-22-8-3-2-7-21(22)26/h2-13H,15H2,1H3,(H,28,29)/b19-12-. The van der Waals surface area contributed by atoms with Crippen molar-refractivity contribution >= 4 is 33.6 Å². The van der Waals surface area contributed by atoms with Crippen LogP contribution in [0.4, 0.5) is 10.1 Å². The lowest BCUT2D eigenvalue weighted by Crippen LogP contribution is -2.14. The molecule has 3 aromatic carbocycles. The van der Waals surface area contributed by atoms with E-state index in [2.05, 4.69) is 21.2 Å². The first-order valence-electron chi connectivity index (χ1n) is 9.12. The van der Waals surface area contributed by atoms with E-state index < -0.39 is 11.7 Å². The molecule has 0 saturated heterocycles. The SMILES string of the molecule is Cc1cccc(COc2ccc(Br)cc2/C=C(/C#N)C(=O)Nc2ccccc2F)c1. The lowest BCUT2D eigenvalue weighted by atomic mass is 10.1. The molecule has 0 spiro atoms. The zero-order valence-corrected chi connectivity index (χ0v) is 17.7. The maximum absolute atomic E-state index is 13.8. The van der Waals surface area contributed by atoms with Crippen LogP contribution in [0.1, 0.15) is 16.7 Å². The minimum Gasteiger partial charge on any atom is -0.488 e. The van der Waals surface area contributed by atoms with Gasteiger partial charge in [-0.15, -0.1) is 0 Å². The number of nitriles is 1. The number of aryl methyl sites for hydroxylation is 1. The number of anilines is 1. The number of carbonyl (C=O) groups is 1. The van der Waals surface area contributed by atoms with E-state index in [0.717, 1.165) is 15.6 Å². The van der Waals surface area contributed by atoms with Gasteiger partial charge in [-0.05, 0) is 48.9 Å². The summed E-state index contributed by atoms with van der Waals surface area (Å²) in [5, 5.41) is 11.9. The van der Waals surface area contributed by atoms with Gasteiger partial charge >= 0.3 is 0 Å². The summed E-state index contributed by atoms with van der Waals surface area (Å²) in [4.78, 5) is 12.5. The van der Waals surface area contributed by atoms with Crippen molar-refractivity contribution in [3.63, 3.8) is 0 Å². The van der Waals surface area contributed by atoms with E-state index in [0.29, 0.717) is 17.9 Å². The molecule has 0 unspecified atom stereocenters. The van der Waals surface area contributed by atoms with Gasteiger partial charge in [-0.1, -0.05) is 57.9 Å². The smallest absolute Gasteiger partial charge is 0.266 e. The molecule has 0 saturated carbocycles. The number of carbonyl (C=O) groups excluding carboxylic acids is 1. The first kappa shape index (κ1) is 21.3. The fourth-order valence-electron chi connectivity index (χ4n) is 2.78. The van der Waals surface area contributed by atoms with Gasteiger partial charge in [0.25, 0.3) is 5.91 Å². The second kappa shape index (κ2) is 9.86. The Kier molecular flexibility index (Phi) is 6.99. The Balaban J connectivity index is 1.84. The van der Waals surface area contributed by atoms with E-state index >= 15 is 0 Å². The summed E-state index contributed by atoms with van der Waals surface area (Å²) in [6.45, 7) is 2.35. The van der Waals surface area contributed by atoms with Crippen LogP contribution in [0.3, 0.4) is 0 Å². The van der Waals surface area contributed by atoms with E-state index in [-0.39, 0.29) is 11.3 Å². The molecule has 1 amide bonds. The molecule has 0 radical (unpaired) electrons. The van der Waals surface area contributed by atoms with Gasteiger partial charge in [-0.2, -0.15) is 5.26 Å². The molecule has 30 heavy (non-hydrogen) atoms. The fourth-order valence-corrected chi connectivity index (χ4v) is 3.16. The van der Waals surface area contributed by atoms with Crippen LogP contribution in [0.15, 0.2) is 76.8 Å². The summed E-state index contributed by atoms with van der Waals surface area (Å²) < 4.78 is 20.5. The number of halogens is 2. The number of ether oxygens (including phenoxy) is 1. The molecular weight excluding hydrogens is 447 g/mol. The molecule has 0 aliphatic rings. The molecule has 1 N–H and O–H groups in total. The highest BCUT2D eigenvalue weighted by atomic mass is 79.9. The summed E-state index contributed by atoms with van der Waals surface area (Å²) in [6, 6.07) is 20.9. The van der Waals surface area contributed by atoms with Gasteiger partial charge in [0.2, 0.25) is 0 Å². The number of rotatable bonds is 6. The average Bonchev–Trinajstić information content (AvgIpc) is 2.73. The topological polar surface area (TPSA) is 62.1 Å². The van der Waals surface area contributed by atoms with Gasteiger partial charge in [-0.3, -0.25) is 4.79 Å². The van der Waals surface area contributed by atoms with Gasteiger partial charge < -0.3 is 10.1 Å². The lowest BCUT2D eigenvalue weighted by Gasteiger charge is -2.11. The second-order valence-corrected chi connectivity index (χ2v) is 7.48. The van der Waals surface area contributed by atoms with Crippen LogP contribution in [-0.2, 0) is 11.4 Å². The van der Waals surface area contributed by atoms with Crippen molar-refractivity contribution in [3.8, 4) is 11.8 Å². The van der Waals surface area contributed by atoms with E-state index in [1.165, 1.54) is 24.3 Å². The number of benzene rings is 3. The largest absolute Gasteiger partial charge is 0.488 e. The van der Waals surface area contributed by atoms with Gasteiger partial charge in [0.1, 0.15) is 29.8 Å². The zero-order chi connectivity index (χ0) is 21.5. The number of amides is 1. The Morgan fingerprint density at radius 2 is 1.97 bits per heavy atom. The maximum atomic E-state index is 13.8. The van der Waals surface area contributed by atoms with E-state index in [1.54, 1.807) is 18.2 Å². The molecule has 3 aromatic rings. The molecule has 0 atom stereocenters. The Labute approximate surface area is 182 Å². The maximum Gasteiger partial charge on any atom is 0.266 e. The number of nitrogens with one attached hydrogen (secondary N) is 1. The third-order valence-electron chi connectivity index (χ3n) is 4.24. The second-order valence-electron chi connectivity index (χ2n) is 6.56. The molecule has 4 nitrogen and oxygen atoms in total. The summed E-state index contributed by atoms with van der Waals surface area (Å²) >= 11 is 3.40. The van der Waals surface area contributed by atoms with Crippen molar-refractivity contribution in [2.75, 3.05) is 5.32 Å². The van der Waals surface area contributed by atoms with Gasteiger partial charge in [-0.25, -0.2) is 4.39 Å². The van der Waals surface area contributed by atoms with Crippen LogP contribution in [0, 0.1) is 24.1 Å². The molecule has 0 aliphatic heterocycles. The fraction of sp³-hybridized carbons (Fsp3) is 0.0833. The molecule has 0 aliphatic carbocycles. The highest BCUT2D eigenvalue weighted by Gasteiger charge is 2.13. The van der Waals surface area contributed by atoms with Crippen LogP contribution in [0.5, 0.6) is 5.75 Å². The van der Waals surface area contributed by atoms with Crippen molar-refractivity contribution < 1.29 is 13.9 Å². The van der Waals surface area contributed by atoms with Crippen molar-refractivity contribution in [2.45, 2.75) is 13.5 Å². The summed E-state index contributed by atoms with van der Waals surface area (Å²) in [6.07, 6.45) is 1.42. The Morgan fingerprint density at radius 3 is 2.70 bits per heavy atom. The normalized spacial score (nSPS) is 10.9. The van der Waals surface area contributed by atoms with Gasteiger partial charge in [0.05, 0.1) is 5.69 Å². The number of hydrogen-bond acceptors (Lipinski definition) is 3. The molecule has 0 bridgehead atoms. The molecule has 6 heteroatoms. The molecule has 0 heterocycles. The highest BCUT2D eigenvalue weighted by molar-refractivity contribution is 9.10. The third-order valence-corrected chi connectivity index (χ3v) is 4.73. The van der Waals surface area contributed by atoms with Crippen molar-refractivity contribution in [3.05, 3.63) is 99.3 Å². The first-order chi connectivity index (χ1) is 14.5. The minimum absolute atomic E-state index is 0.00816. The van der Waals surface area contributed by atoms with Crippen LogP contribution in [0.2, 0.25) is 0 Å². The Bertz CT molecular complexity index is 1150. The van der Waals surface area contributed by atoms with Crippen LogP contribution < -0.4 is 10.1 Å². The van der Waals surface area contributed by atoms with Crippen molar-refractivity contribution in [2.24, 2.45) is 0 Å².